The van der Waals surface area contributed by atoms with Gasteiger partial charge in [-0.2, -0.15) is 0 Å². The van der Waals surface area contributed by atoms with Gasteiger partial charge in [-0.15, -0.1) is 0 Å². The summed E-state index contributed by atoms with van der Waals surface area (Å²) >= 11 is 0. The van der Waals surface area contributed by atoms with E-state index in [0.717, 1.165) is 5.57 Å². The summed E-state index contributed by atoms with van der Waals surface area (Å²) in [5.74, 6) is -1.21. The highest BCUT2D eigenvalue weighted by Gasteiger charge is 2.33. The van der Waals surface area contributed by atoms with Crippen molar-refractivity contribution in [3.05, 3.63) is 65.6 Å². The van der Waals surface area contributed by atoms with Crippen molar-refractivity contribution in [2.24, 2.45) is 11.8 Å². The Morgan fingerprint density at radius 1 is 1.23 bits per heavy atom. The summed E-state index contributed by atoms with van der Waals surface area (Å²) in [4.78, 5) is 44.5. The van der Waals surface area contributed by atoms with E-state index in [1.807, 2.05) is 39.8 Å². The summed E-state index contributed by atoms with van der Waals surface area (Å²) < 4.78 is 11.4. The monoisotopic (exact) mass is 540 g/mol. The Bertz CT molecular complexity index is 1150. The van der Waals surface area contributed by atoms with E-state index in [1.54, 1.807) is 25.3 Å². The average molecular weight is 541 g/mol. The predicted octanol–water partition coefficient (Wildman–Crippen LogP) is 2.68. The highest BCUT2D eigenvalue weighted by molar-refractivity contribution is 6.00. The van der Waals surface area contributed by atoms with Gasteiger partial charge >= 0.3 is 5.97 Å². The number of ether oxygens (including phenoxy) is 1. The number of fused-ring (bicyclic) bond motifs is 3. The van der Waals surface area contributed by atoms with Crippen LogP contribution in [0.5, 0.6) is 0 Å². The second-order valence-electron chi connectivity index (χ2n) is 10.3. The van der Waals surface area contributed by atoms with Gasteiger partial charge in [0.15, 0.2) is 11.6 Å². The molecule has 0 aliphatic carbocycles. The third kappa shape index (κ3) is 8.49. The fourth-order valence-corrected chi connectivity index (χ4v) is 4.69. The number of rotatable bonds is 2. The number of hydrogen-bond acceptors (Lipinski definition) is 8. The topological polar surface area (TPSA) is 134 Å². The number of nitrogens with zero attached hydrogens (tertiary/aromatic N) is 2. The number of amides is 2. The minimum absolute atomic E-state index is 0.0245. The minimum Gasteiger partial charge on any atom is -0.457 e. The molecule has 0 fully saturated rings. The summed E-state index contributed by atoms with van der Waals surface area (Å²) in [5, 5.41) is 16.5. The van der Waals surface area contributed by atoms with Gasteiger partial charge in [0.05, 0.1) is 6.10 Å². The normalized spacial score (nSPS) is 29.1. The first kappa shape index (κ1) is 30.0. The predicted molar refractivity (Wildman–Crippen MR) is 146 cm³/mol. The summed E-state index contributed by atoms with van der Waals surface area (Å²) in [7, 11) is 1.78. The lowest BCUT2D eigenvalue weighted by molar-refractivity contribution is -0.149. The van der Waals surface area contributed by atoms with Crippen LogP contribution in [0.4, 0.5) is 0 Å². The fraction of sp³-hybridized carbons (Fsp3) is 0.517. The van der Waals surface area contributed by atoms with Gasteiger partial charge in [0.2, 0.25) is 5.91 Å². The second kappa shape index (κ2) is 14.0. The molecule has 0 spiro atoms. The van der Waals surface area contributed by atoms with Crippen LogP contribution in [-0.4, -0.2) is 71.2 Å². The van der Waals surface area contributed by atoms with Crippen molar-refractivity contribution in [1.29, 1.82) is 0 Å². The molecular weight excluding hydrogens is 500 g/mol. The number of esters is 1. The molecule has 39 heavy (non-hydrogen) atoms. The van der Waals surface area contributed by atoms with Gasteiger partial charge in [0.1, 0.15) is 18.1 Å². The van der Waals surface area contributed by atoms with Crippen molar-refractivity contribution in [3.63, 3.8) is 0 Å². The minimum atomic E-state index is -0.721. The van der Waals surface area contributed by atoms with Crippen LogP contribution in [0, 0.1) is 11.8 Å². The van der Waals surface area contributed by atoms with E-state index in [2.05, 4.69) is 15.6 Å². The van der Waals surface area contributed by atoms with Gasteiger partial charge in [0.25, 0.3) is 5.91 Å². The van der Waals surface area contributed by atoms with Crippen LogP contribution in [-0.2, 0) is 20.7 Å². The molecule has 1 aromatic heterocycles. The molecule has 10 heteroatoms. The summed E-state index contributed by atoms with van der Waals surface area (Å²) in [6.45, 7) is 8.29. The molecule has 0 unspecified atom stereocenters. The smallest absolute Gasteiger partial charge is 0.355 e. The zero-order chi connectivity index (χ0) is 28.5. The Kier molecular flexibility index (Phi) is 10.8. The largest absolute Gasteiger partial charge is 0.457 e. The Hall–Kier alpha value is -3.50. The van der Waals surface area contributed by atoms with Gasteiger partial charge in [0, 0.05) is 31.5 Å². The van der Waals surface area contributed by atoms with E-state index < -0.39 is 24.1 Å². The quantitative estimate of drug-likeness (QED) is 0.488. The number of hydrogen-bond donors (Lipinski definition) is 3. The van der Waals surface area contributed by atoms with E-state index in [0.29, 0.717) is 38.2 Å². The molecule has 2 bridgehead atoms. The van der Waals surface area contributed by atoms with Gasteiger partial charge in [-0.05, 0) is 38.8 Å². The van der Waals surface area contributed by atoms with Crippen LogP contribution in [0.1, 0.15) is 56.9 Å². The van der Waals surface area contributed by atoms with Crippen molar-refractivity contribution in [1.82, 2.24) is 20.5 Å². The lowest BCUT2D eigenvalue weighted by atomic mass is 9.94. The number of aromatic nitrogens is 1. The van der Waals surface area contributed by atoms with E-state index in [-0.39, 0.29) is 35.2 Å². The molecule has 2 amide bonds. The highest BCUT2D eigenvalue weighted by atomic mass is 16.5. The van der Waals surface area contributed by atoms with Gasteiger partial charge in [-0.25, -0.2) is 9.78 Å². The molecular formula is C29H40N4O6. The highest BCUT2D eigenvalue weighted by Crippen LogP contribution is 2.24. The molecule has 3 heterocycles. The number of carbonyl (C=O) groups excluding carboxylic acids is 3. The number of oxazole rings is 1. The second-order valence-corrected chi connectivity index (χ2v) is 10.3. The summed E-state index contributed by atoms with van der Waals surface area (Å²) in [5.41, 5.74) is 1.13. The van der Waals surface area contributed by atoms with Crippen LogP contribution >= 0.6 is 0 Å². The first-order valence-corrected chi connectivity index (χ1v) is 13.4. The molecule has 0 saturated heterocycles. The van der Waals surface area contributed by atoms with E-state index >= 15 is 0 Å². The van der Waals surface area contributed by atoms with Crippen molar-refractivity contribution >= 4 is 17.8 Å². The number of likely N-dealkylation sites (N-methyl/N-ethyl adjacent to an activating group) is 1. The van der Waals surface area contributed by atoms with Crippen LogP contribution < -0.4 is 10.6 Å². The zero-order valence-corrected chi connectivity index (χ0v) is 23.3. The fourth-order valence-electron chi connectivity index (χ4n) is 4.69. The molecule has 0 radical (unpaired) electrons. The SMILES string of the molecule is CN[C@@H]1Cc2nc(co2)C(=O)N2CCC=C2C(=O)O[C@H](C(C)C)[C@H](C)/C=C/C(=O)NC/C=C/C(C)=C/[C@@H](O)C1. The van der Waals surface area contributed by atoms with Crippen molar-refractivity contribution in [2.45, 2.75) is 65.2 Å². The van der Waals surface area contributed by atoms with Gasteiger partial charge < -0.3 is 29.8 Å². The van der Waals surface area contributed by atoms with Gasteiger partial charge in [-0.1, -0.05) is 56.7 Å². The third-order valence-electron chi connectivity index (χ3n) is 6.76. The van der Waals surface area contributed by atoms with Gasteiger partial charge in [-0.3, -0.25) is 9.59 Å². The van der Waals surface area contributed by atoms with Crippen LogP contribution in [0.15, 0.2) is 58.4 Å². The molecule has 10 nitrogen and oxygen atoms in total. The number of aliphatic hydroxyl groups is 1. The number of aliphatic hydroxyl groups excluding tert-OH is 1. The van der Waals surface area contributed by atoms with Crippen LogP contribution in [0.25, 0.3) is 0 Å². The molecule has 0 aromatic carbocycles. The Balaban J connectivity index is 1.88. The standard InChI is InChI=1S/C29H40N4O6/c1-18(2)27-20(4)10-11-25(35)31-12-6-8-19(3)14-22(34)15-21(30-5)16-26-32-23(17-38-26)28(36)33-13-7-9-24(33)29(37)39-27/h6,8-11,14,17-18,20-22,27,30,34H,7,12-13,15-16H2,1-5H3,(H,31,35)/b8-6+,11-10+,19-14+/t20-,21+,22-,27-/m1/s1. The lowest BCUT2D eigenvalue weighted by Crippen LogP contribution is -2.36. The molecule has 2 aliphatic heterocycles. The molecule has 0 saturated carbocycles. The van der Waals surface area contributed by atoms with E-state index in [4.69, 9.17) is 9.15 Å². The molecule has 2 aliphatic rings. The Labute approximate surface area is 229 Å². The molecule has 4 atom stereocenters. The van der Waals surface area contributed by atoms with Crippen molar-refractivity contribution < 1.29 is 28.6 Å². The zero-order valence-electron chi connectivity index (χ0n) is 23.3. The summed E-state index contributed by atoms with van der Waals surface area (Å²) in [6, 6.07) is -0.158. The number of allylic oxidation sites excluding steroid dienone is 2. The molecule has 3 rings (SSSR count). The maximum atomic E-state index is 13.3. The Morgan fingerprint density at radius 2 is 2.00 bits per heavy atom. The van der Waals surface area contributed by atoms with E-state index in [9.17, 15) is 19.5 Å². The molecule has 1 aromatic rings. The number of nitrogens with one attached hydrogen (secondary N) is 2. The Morgan fingerprint density at radius 3 is 2.72 bits per heavy atom. The average Bonchev–Trinajstić information content (AvgIpc) is 3.57. The molecule has 212 valence electrons. The third-order valence-corrected chi connectivity index (χ3v) is 6.76. The lowest BCUT2D eigenvalue weighted by Gasteiger charge is -2.27. The number of carbonyl (C=O) groups is 3. The first-order chi connectivity index (χ1) is 18.6. The van der Waals surface area contributed by atoms with Crippen molar-refractivity contribution in [2.75, 3.05) is 20.1 Å². The van der Waals surface area contributed by atoms with Crippen molar-refractivity contribution in [3.8, 4) is 0 Å². The molecule has 3 N–H and O–H groups in total. The summed E-state index contributed by atoms with van der Waals surface area (Å²) in [6.07, 6.45) is 11.6. The maximum absolute atomic E-state index is 13.3. The van der Waals surface area contributed by atoms with Crippen LogP contribution in [0.3, 0.4) is 0 Å². The number of cyclic esters (lactones) is 1. The van der Waals surface area contributed by atoms with Crippen LogP contribution in [0.2, 0.25) is 0 Å². The first-order valence-electron chi connectivity index (χ1n) is 13.4. The van der Waals surface area contributed by atoms with E-state index in [1.165, 1.54) is 17.2 Å². The maximum Gasteiger partial charge on any atom is 0.355 e.